The van der Waals surface area contributed by atoms with E-state index in [1.165, 1.54) is 0 Å². The number of piperazine rings is 1. The molecule has 7 heteroatoms. The van der Waals surface area contributed by atoms with Gasteiger partial charge in [-0.2, -0.15) is 9.97 Å². The molecule has 2 aliphatic heterocycles. The molecule has 2 atom stereocenters. The summed E-state index contributed by atoms with van der Waals surface area (Å²) in [6, 6.07) is 15.6. The van der Waals surface area contributed by atoms with Crippen LogP contribution in [-0.2, 0) is 0 Å². The quantitative estimate of drug-likeness (QED) is 0.478. The van der Waals surface area contributed by atoms with Crippen molar-refractivity contribution in [1.29, 1.82) is 0 Å². The molecule has 2 bridgehead atoms. The van der Waals surface area contributed by atoms with E-state index in [9.17, 15) is 5.11 Å². The molecule has 2 saturated heterocycles. The molecule has 0 aliphatic carbocycles. The third kappa shape index (κ3) is 3.43. The first-order valence-electron chi connectivity index (χ1n) is 11.5. The van der Waals surface area contributed by atoms with E-state index in [-0.39, 0.29) is 17.3 Å². The van der Waals surface area contributed by atoms with E-state index in [4.69, 9.17) is 4.74 Å². The molecule has 2 N–H and O–H groups in total. The minimum Gasteiger partial charge on any atom is -0.508 e. The number of phenolic OH excluding ortho intramolecular Hbond substituents is 1. The van der Waals surface area contributed by atoms with Crippen LogP contribution in [0.15, 0.2) is 48.5 Å². The zero-order valence-electron chi connectivity index (χ0n) is 18.4. The first-order valence-corrected chi connectivity index (χ1v) is 11.5. The number of nitrogens with zero attached hydrogens (tertiary/aromatic N) is 3. The van der Waals surface area contributed by atoms with Crippen LogP contribution in [0.2, 0.25) is 0 Å². The number of halogens is 1. The van der Waals surface area contributed by atoms with Gasteiger partial charge in [-0.15, -0.1) is 0 Å². The van der Waals surface area contributed by atoms with Gasteiger partial charge < -0.3 is 20.1 Å². The number of aromatic hydroxyl groups is 1. The van der Waals surface area contributed by atoms with Crippen molar-refractivity contribution in [3.05, 3.63) is 54.3 Å². The van der Waals surface area contributed by atoms with E-state index in [0.29, 0.717) is 41.0 Å². The summed E-state index contributed by atoms with van der Waals surface area (Å²) < 4.78 is 21.7. The first-order chi connectivity index (χ1) is 16.1. The Kier molecular flexibility index (Phi) is 4.80. The van der Waals surface area contributed by atoms with Gasteiger partial charge in [-0.05, 0) is 54.3 Å². The molecule has 2 aliphatic rings. The Labute approximate surface area is 191 Å². The number of anilines is 1. The summed E-state index contributed by atoms with van der Waals surface area (Å²) >= 11 is 0. The summed E-state index contributed by atoms with van der Waals surface area (Å²) in [6.07, 6.45) is 2.29. The zero-order chi connectivity index (χ0) is 22.5. The van der Waals surface area contributed by atoms with Crippen LogP contribution in [0.5, 0.6) is 11.8 Å². The van der Waals surface area contributed by atoms with E-state index in [1.54, 1.807) is 18.2 Å². The number of ether oxygens (including phenoxy) is 1. The Morgan fingerprint density at radius 1 is 1.03 bits per heavy atom. The molecule has 0 radical (unpaired) electrons. The largest absolute Gasteiger partial charge is 0.508 e. The number of rotatable bonds is 4. The number of hydrogen-bond donors (Lipinski definition) is 2. The lowest BCUT2D eigenvalue weighted by molar-refractivity contribution is 0.313. The van der Waals surface area contributed by atoms with Gasteiger partial charge in [0.05, 0.1) is 6.61 Å². The minimum atomic E-state index is -0.439. The van der Waals surface area contributed by atoms with Gasteiger partial charge in [-0.3, -0.25) is 0 Å². The molecule has 0 amide bonds. The van der Waals surface area contributed by atoms with Gasteiger partial charge in [-0.25, -0.2) is 4.39 Å². The summed E-state index contributed by atoms with van der Waals surface area (Å²) in [5.41, 5.74) is 1.25. The van der Waals surface area contributed by atoms with Crippen molar-refractivity contribution < 1.29 is 14.2 Å². The second kappa shape index (κ2) is 7.85. The Morgan fingerprint density at radius 3 is 2.61 bits per heavy atom. The number of fused-ring (bicyclic) bond motifs is 4. The monoisotopic (exact) mass is 444 g/mol. The molecule has 1 aromatic heterocycles. The molecule has 0 spiro atoms. The average molecular weight is 445 g/mol. The lowest BCUT2D eigenvalue weighted by Gasteiger charge is -2.34. The fourth-order valence-electron chi connectivity index (χ4n) is 5.26. The Morgan fingerprint density at radius 2 is 1.82 bits per heavy atom. The average Bonchev–Trinajstić information content (AvgIpc) is 3.16. The van der Waals surface area contributed by atoms with Crippen LogP contribution in [-0.4, -0.2) is 46.9 Å². The zero-order valence-corrected chi connectivity index (χ0v) is 18.4. The van der Waals surface area contributed by atoms with Gasteiger partial charge >= 0.3 is 6.01 Å². The Balaban J connectivity index is 1.55. The standard InChI is InChI=1S/C26H25FN4O2/c1-2-33-26-29-24-21(25(30-26)31-13-16-7-8-17(14-31)28-16)10-9-20(23(24)27)22-12-18(32)11-15-5-3-4-6-19(15)22/h3-6,9-12,16-17,28,32H,2,7-8,13-14H2,1H3. The maximum Gasteiger partial charge on any atom is 0.319 e. The molecular weight excluding hydrogens is 419 g/mol. The molecule has 6 rings (SSSR count). The van der Waals surface area contributed by atoms with E-state index in [0.717, 1.165) is 36.7 Å². The predicted octanol–water partition coefficient (Wildman–Crippen LogP) is 4.63. The normalized spacial score (nSPS) is 20.0. The van der Waals surface area contributed by atoms with Gasteiger partial charge in [0.1, 0.15) is 17.1 Å². The van der Waals surface area contributed by atoms with Crippen molar-refractivity contribution in [3.63, 3.8) is 0 Å². The molecule has 0 saturated carbocycles. The Bertz CT molecular complexity index is 1360. The maximum absolute atomic E-state index is 16.1. The molecule has 6 nitrogen and oxygen atoms in total. The smallest absolute Gasteiger partial charge is 0.319 e. The van der Waals surface area contributed by atoms with E-state index in [2.05, 4.69) is 20.2 Å². The van der Waals surface area contributed by atoms with Crippen LogP contribution in [0.25, 0.3) is 32.8 Å². The SMILES string of the molecule is CCOc1nc(N2CC3CCC(C2)N3)c2ccc(-c3cc(O)cc4ccccc34)c(F)c2n1. The number of nitrogens with one attached hydrogen (secondary N) is 1. The molecule has 3 heterocycles. The lowest BCUT2D eigenvalue weighted by Crippen LogP contribution is -2.51. The third-order valence-electron chi connectivity index (χ3n) is 6.69. The highest BCUT2D eigenvalue weighted by atomic mass is 19.1. The predicted molar refractivity (Wildman–Crippen MR) is 127 cm³/mol. The fourth-order valence-corrected chi connectivity index (χ4v) is 5.26. The summed E-state index contributed by atoms with van der Waals surface area (Å²) in [7, 11) is 0. The Hall–Kier alpha value is -3.45. The highest BCUT2D eigenvalue weighted by molar-refractivity contribution is 6.01. The summed E-state index contributed by atoms with van der Waals surface area (Å²) in [5.74, 6) is 0.372. The van der Waals surface area contributed by atoms with Crippen molar-refractivity contribution in [1.82, 2.24) is 15.3 Å². The number of phenols is 1. The van der Waals surface area contributed by atoms with Gasteiger partial charge in [0.2, 0.25) is 0 Å². The van der Waals surface area contributed by atoms with Gasteiger partial charge in [0.25, 0.3) is 0 Å². The fraction of sp³-hybridized carbons (Fsp3) is 0.308. The van der Waals surface area contributed by atoms with Gasteiger partial charge in [0, 0.05) is 36.1 Å². The second-order valence-corrected chi connectivity index (χ2v) is 8.84. The van der Waals surface area contributed by atoms with E-state index in [1.807, 2.05) is 37.3 Å². The summed E-state index contributed by atoms with van der Waals surface area (Å²) in [5, 5.41) is 16.3. The highest BCUT2D eigenvalue weighted by Gasteiger charge is 2.34. The number of hydrogen-bond acceptors (Lipinski definition) is 6. The molecule has 4 aromatic rings. The highest BCUT2D eigenvalue weighted by Crippen LogP contribution is 2.38. The van der Waals surface area contributed by atoms with Gasteiger partial charge in [-0.1, -0.05) is 30.3 Å². The summed E-state index contributed by atoms with van der Waals surface area (Å²) in [4.78, 5) is 11.4. The second-order valence-electron chi connectivity index (χ2n) is 8.84. The van der Waals surface area contributed by atoms with Crippen LogP contribution in [0.1, 0.15) is 19.8 Å². The lowest BCUT2D eigenvalue weighted by atomic mass is 9.96. The minimum absolute atomic E-state index is 0.0953. The van der Waals surface area contributed by atoms with Crippen molar-refractivity contribution in [3.8, 4) is 22.9 Å². The molecule has 2 fully saturated rings. The topological polar surface area (TPSA) is 70.5 Å². The van der Waals surface area contributed by atoms with Gasteiger partial charge in [0.15, 0.2) is 5.82 Å². The van der Waals surface area contributed by atoms with E-state index < -0.39 is 5.82 Å². The van der Waals surface area contributed by atoms with Crippen LogP contribution in [0, 0.1) is 5.82 Å². The summed E-state index contributed by atoms with van der Waals surface area (Å²) in [6.45, 7) is 3.92. The molecule has 33 heavy (non-hydrogen) atoms. The molecule has 3 aromatic carbocycles. The maximum atomic E-state index is 16.1. The number of aromatic nitrogens is 2. The van der Waals surface area contributed by atoms with Crippen LogP contribution in [0.3, 0.4) is 0 Å². The molecule has 168 valence electrons. The van der Waals surface area contributed by atoms with Crippen molar-refractivity contribution in [2.24, 2.45) is 0 Å². The van der Waals surface area contributed by atoms with Crippen LogP contribution in [0.4, 0.5) is 10.2 Å². The van der Waals surface area contributed by atoms with Crippen molar-refractivity contribution >= 4 is 27.5 Å². The van der Waals surface area contributed by atoms with E-state index >= 15 is 4.39 Å². The third-order valence-corrected chi connectivity index (χ3v) is 6.69. The van der Waals surface area contributed by atoms with Crippen molar-refractivity contribution in [2.45, 2.75) is 31.8 Å². The van der Waals surface area contributed by atoms with Crippen molar-refractivity contribution in [2.75, 3.05) is 24.6 Å². The molecule has 2 unspecified atom stereocenters. The molecular formula is C26H25FN4O2. The number of benzene rings is 3. The first kappa shape index (κ1) is 20.2. The van der Waals surface area contributed by atoms with Crippen LogP contribution >= 0.6 is 0 Å². The van der Waals surface area contributed by atoms with Crippen LogP contribution < -0.4 is 15.0 Å².